The molecule has 0 unspecified atom stereocenters. The van der Waals surface area contributed by atoms with Crippen molar-refractivity contribution in [2.24, 2.45) is 0 Å². The highest BCUT2D eigenvalue weighted by Crippen LogP contribution is 2.58. The Hall–Kier alpha value is -2.41. The first-order chi connectivity index (χ1) is 13.8. The maximum absolute atomic E-state index is 3.39. The van der Waals surface area contributed by atoms with Gasteiger partial charge in [0.05, 0.1) is 0 Å². The van der Waals surface area contributed by atoms with E-state index in [-0.39, 0.29) is 17.0 Å². The normalized spacial score (nSPS) is 10.8. The Morgan fingerprint density at radius 3 is 1.34 bits per heavy atom. The van der Waals surface area contributed by atoms with Gasteiger partial charge in [-0.05, 0) is 42.5 Å². The van der Waals surface area contributed by atoms with Crippen LogP contribution in [-0.2, 0) is 6.16 Å². The highest BCUT2D eigenvalue weighted by atomic mass is 79.9. The lowest BCUT2D eigenvalue weighted by molar-refractivity contribution is -0.00000544. The minimum atomic E-state index is -1.86. The molecule has 1 N–H and O–H groups in total. The van der Waals surface area contributed by atoms with E-state index in [4.69, 9.17) is 0 Å². The molecule has 0 atom stereocenters. The van der Waals surface area contributed by atoms with Crippen molar-refractivity contribution < 1.29 is 17.0 Å². The van der Waals surface area contributed by atoms with Crippen LogP contribution in [0.15, 0.2) is 115 Å². The third-order valence-corrected chi connectivity index (χ3v) is 9.64. The predicted octanol–water partition coefficient (Wildman–Crippen LogP) is 2.23. The van der Waals surface area contributed by atoms with Gasteiger partial charge in [0, 0.05) is 18.3 Å². The minimum Gasteiger partial charge on any atom is -1.00 e. The summed E-state index contributed by atoms with van der Waals surface area (Å²) in [6.07, 6.45) is 0.988. The van der Waals surface area contributed by atoms with Gasteiger partial charge in [-0.1, -0.05) is 72.8 Å². The van der Waals surface area contributed by atoms with Crippen LogP contribution in [0, 0.1) is 0 Å². The molecule has 0 aliphatic rings. The molecule has 0 radical (unpaired) electrons. The van der Waals surface area contributed by atoms with E-state index in [1.807, 2.05) is 7.05 Å². The summed E-state index contributed by atoms with van der Waals surface area (Å²) >= 11 is 0. The Balaban J connectivity index is 0.00000240. The van der Waals surface area contributed by atoms with Crippen LogP contribution in [0.5, 0.6) is 0 Å². The summed E-state index contributed by atoms with van der Waals surface area (Å²) in [5, 5.41) is 7.64. The van der Waals surface area contributed by atoms with Crippen LogP contribution >= 0.6 is 7.26 Å². The van der Waals surface area contributed by atoms with Crippen LogP contribution in [0.1, 0.15) is 5.56 Å². The number of hydrogen-bond acceptors (Lipinski definition) is 1. The number of halogens is 1. The van der Waals surface area contributed by atoms with Gasteiger partial charge in [0.1, 0.15) is 29.3 Å². The van der Waals surface area contributed by atoms with Gasteiger partial charge in [0.15, 0.2) is 0 Å². The van der Waals surface area contributed by atoms with Crippen LogP contribution in [-0.4, -0.2) is 7.05 Å². The minimum absolute atomic E-state index is 0. The Morgan fingerprint density at radius 1 is 0.552 bits per heavy atom. The number of rotatable bonds is 6. The third kappa shape index (κ3) is 4.29. The average molecular weight is 462 g/mol. The van der Waals surface area contributed by atoms with Gasteiger partial charge in [-0.3, -0.25) is 0 Å². The molecule has 0 bridgehead atoms. The van der Waals surface area contributed by atoms with Crippen molar-refractivity contribution >= 4 is 28.9 Å². The molecule has 146 valence electrons. The maximum Gasteiger partial charge on any atom is 0.116 e. The molecule has 4 aromatic rings. The first-order valence-electron chi connectivity index (χ1n) is 9.65. The molecule has 0 spiro atoms. The van der Waals surface area contributed by atoms with Crippen LogP contribution in [0.3, 0.4) is 0 Å². The van der Waals surface area contributed by atoms with Gasteiger partial charge < -0.3 is 22.3 Å². The van der Waals surface area contributed by atoms with E-state index >= 15 is 0 Å². The average Bonchev–Trinajstić information content (AvgIpc) is 2.79. The van der Waals surface area contributed by atoms with Gasteiger partial charge in [-0.2, -0.15) is 0 Å². The molecule has 0 aliphatic carbocycles. The number of benzene rings is 4. The molecule has 0 saturated carbocycles. The fraction of sp³-hybridized carbons (Fsp3) is 0.0769. The van der Waals surface area contributed by atoms with E-state index in [1.54, 1.807) is 0 Å². The van der Waals surface area contributed by atoms with Gasteiger partial charge >= 0.3 is 0 Å². The fourth-order valence-corrected chi connectivity index (χ4v) is 8.20. The Labute approximate surface area is 184 Å². The molecule has 29 heavy (non-hydrogen) atoms. The predicted molar refractivity (Wildman–Crippen MR) is 125 cm³/mol. The molecule has 1 nitrogen and oxygen atoms in total. The van der Waals surface area contributed by atoms with E-state index in [0.717, 1.165) is 6.16 Å². The second-order valence-electron chi connectivity index (χ2n) is 6.88. The third-order valence-electron chi connectivity index (χ3n) is 5.29. The first-order valence-corrected chi connectivity index (χ1v) is 11.6. The largest absolute Gasteiger partial charge is 1.00 e. The van der Waals surface area contributed by atoms with Crippen molar-refractivity contribution in [3.8, 4) is 0 Å². The highest BCUT2D eigenvalue weighted by Gasteiger charge is 2.45. The maximum atomic E-state index is 3.39. The summed E-state index contributed by atoms with van der Waals surface area (Å²) in [7, 11) is 0.151. The Kier molecular flexibility index (Phi) is 7.25. The zero-order valence-electron chi connectivity index (χ0n) is 16.5. The van der Waals surface area contributed by atoms with E-state index in [9.17, 15) is 0 Å². The molecule has 0 heterocycles. The molecule has 4 aromatic carbocycles. The van der Waals surface area contributed by atoms with Crippen molar-refractivity contribution in [3.05, 3.63) is 121 Å². The highest BCUT2D eigenvalue weighted by molar-refractivity contribution is 7.95. The monoisotopic (exact) mass is 461 g/mol. The lowest BCUT2D eigenvalue weighted by atomic mass is 10.2. The number of nitrogens with one attached hydrogen (secondary N) is 1. The number of anilines is 1. The fourth-order valence-electron chi connectivity index (χ4n) is 3.93. The Bertz CT molecular complexity index is 923. The molecule has 0 saturated heterocycles. The Morgan fingerprint density at radius 2 is 0.931 bits per heavy atom. The van der Waals surface area contributed by atoms with Gasteiger partial charge in [-0.25, -0.2) is 0 Å². The van der Waals surface area contributed by atoms with Crippen molar-refractivity contribution in [1.82, 2.24) is 0 Å². The molecule has 4 rings (SSSR count). The van der Waals surface area contributed by atoms with Crippen LogP contribution < -0.4 is 38.2 Å². The smallest absolute Gasteiger partial charge is 0.116 e. The number of hydrogen-bond donors (Lipinski definition) is 1. The van der Waals surface area contributed by atoms with E-state index in [1.165, 1.54) is 27.2 Å². The zero-order valence-corrected chi connectivity index (χ0v) is 19.0. The quantitative estimate of drug-likeness (QED) is 0.434. The lowest BCUT2D eigenvalue weighted by Crippen LogP contribution is -3.00. The molecule has 0 aromatic heterocycles. The summed E-state index contributed by atoms with van der Waals surface area (Å²) in [6, 6.07) is 41.8. The summed E-state index contributed by atoms with van der Waals surface area (Å²) in [4.78, 5) is 0. The van der Waals surface area contributed by atoms with Crippen molar-refractivity contribution in [3.63, 3.8) is 0 Å². The lowest BCUT2D eigenvalue weighted by Gasteiger charge is -2.28. The SMILES string of the molecule is CNc1ccccc1C[P+](c1ccccc1)(c1ccccc1)c1ccccc1.[Br-]. The summed E-state index contributed by atoms with van der Waals surface area (Å²) < 4.78 is 0. The van der Waals surface area contributed by atoms with Crippen molar-refractivity contribution in [1.29, 1.82) is 0 Å². The zero-order chi connectivity index (χ0) is 19.2. The first kappa shape index (κ1) is 21.3. The molecule has 0 amide bonds. The summed E-state index contributed by atoms with van der Waals surface area (Å²) in [6.45, 7) is 0. The molecule has 3 heteroatoms. The van der Waals surface area contributed by atoms with Gasteiger partial charge in [-0.15, -0.1) is 0 Å². The molecule has 0 aliphatic heterocycles. The standard InChI is InChI=1S/C26H25NP.BrH/c1-27-26-20-12-11-13-22(26)21-28(23-14-5-2-6-15-23,24-16-7-3-8-17-24)25-18-9-4-10-19-25;/h2-20,27H,21H2,1H3;1H/q+1;/p-1. The van der Waals surface area contributed by atoms with Gasteiger partial charge in [0.2, 0.25) is 0 Å². The molecular formula is C26H25BrNP. The van der Waals surface area contributed by atoms with Crippen LogP contribution in [0.25, 0.3) is 0 Å². The number of para-hydroxylation sites is 1. The van der Waals surface area contributed by atoms with Crippen molar-refractivity contribution in [2.75, 3.05) is 12.4 Å². The molecular weight excluding hydrogens is 437 g/mol. The van der Waals surface area contributed by atoms with Crippen LogP contribution in [0.2, 0.25) is 0 Å². The second-order valence-corrected chi connectivity index (χ2v) is 10.4. The van der Waals surface area contributed by atoms with Gasteiger partial charge in [0.25, 0.3) is 0 Å². The molecule has 0 fully saturated rings. The van der Waals surface area contributed by atoms with E-state index in [2.05, 4.69) is 121 Å². The summed E-state index contributed by atoms with van der Waals surface area (Å²) in [5.74, 6) is 0. The van der Waals surface area contributed by atoms with Crippen LogP contribution in [0.4, 0.5) is 5.69 Å². The van der Waals surface area contributed by atoms with Crippen molar-refractivity contribution in [2.45, 2.75) is 6.16 Å². The van der Waals surface area contributed by atoms with E-state index < -0.39 is 7.26 Å². The van der Waals surface area contributed by atoms with E-state index in [0.29, 0.717) is 0 Å². The summed E-state index contributed by atoms with van der Waals surface area (Å²) in [5.41, 5.74) is 2.56. The second kappa shape index (κ2) is 9.87. The topological polar surface area (TPSA) is 12.0 Å².